The van der Waals surface area contributed by atoms with Crippen molar-refractivity contribution < 1.29 is 13.2 Å². The van der Waals surface area contributed by atoms with E-state index >= 15 is 0 Å². The van der Waals surface area contributed by atoms with Crippen molar-refractivity contribution in [2.24, 2.45) is 7.05 Å². The van der Waals surface area contributed by atoms with Crippen LogP contribution in [0.15, 0.2) is 47.5 Å². The first-order chi connectivity index (χ1) is 12.8. The van der Waals surface area contributed by atoms with Crippen LogP contribution in [0.2, 0.25) is 0 Å². The first-order valence-electron chi connectivity index (χ1n) is 9.34. The molecule has 7 heteroatoms. The Balaban J connectivity index is 2.14. The van der Waals surface area contributed by atoms with Crippen LogP contribution in [0, 0.1) is 0 Å². The third-order valence-electron chi connectivity index (χ3n) is 4.83. The monoisotopic (exact) mass is 391 g/mol. The molecule has 1 atom stereocenters. The molecule has 1 amide bonds. The number of sulfonamides is 1. The van der Waals surface area contributed by atoms with Gasteiger partial charge in [0.1, 0.15) is 10.6 Å². The van der Waals surface area contributed by atoms with Crippen molar-refractivity contribution in [3.63, 3.8) is 0 Å². The fourth-order valence-electron chi connectivity index (χ4n) is 3.14. The molecule has 27 heavy (non-hydrogen) atoms. The van der Waals surface area contributed by atoms with E-state index in [-0.39, 0.29) is 16.7 Å². The van der Waals surface area contributed by atoms with Crippen LogP contribution < -0.4 is 5.32 Å². The van der Waals surface area contributed by atoms with Crippen LogP contribution in [0.25, 0.3) is 0 Å². The average Bonchev–Trinajstić information content (AvgIpc) is 3.06. The summed E-state index contributed by atoms with van der Waals surface area (Å²) in [5.74, 6) is -0.0535. The molecule has 0 aliphatic heterocycles. The molecule has 1 N–H and O–H groups in total. The number of rotatable bonds is 9. The van der Waals surface area contributed by atoms with Crippen molar-refractivity contribution in [3.8, 4) is 0 Å². The number of aryl methyl sites for hydroxylation is 1. The largest absolute Gasteiger partial charge is 0.350 e. The summed E-state index contributed by atoms with van der Waals surface area (Å²) in [5, 5.41) is 2.94. The number of nitrogens with zero attached hydrogens (tertiary/aromatic N) is 2. The Bertz CT molecular complexity index is 856. The van der Waals surface area contributed by atoms with E-state index in [0.29, 0.717) is 25.3 Å². The highest BCUT2D eigenvalue weighted by molar-refractivity contribution is 7.89. The lowest BCUT2D eigenvalue weighted by molar-refractivity contribution is 0.0942. The standard InChI is InChI=1S/C20H29N3O3S/c1-5-16(17-11-9-8-10-12-17)14-21-20(24)19-13-18(15-22(19)4)27(25,26)23(6-2)7-3/h8-13,15-16H,5-7,14H2,1-4H3,(H,21,24). The molecule has 0 fully saturated rings. The summed E-state index contributed by atoms with van der Waals surface area (Å²) in [7, 11) is -1.90. The third kappa shape index (κ3) is 4.78. The molecule has 148 valence electrons. The summed E-state index contributed by atoms with van der Waals surface area (Å²) in [4.78, 5) is 12.8. The van der Waals surface area contributed by atoms with Crippen LogP contribution >= 0.6 is 0 Å². The second kappa shape index (κ2) is 9.19. The van der Waals surface area contributed by atoms with E-state index < -0.39 is 10.0 Å². The van der Waals surface area contributed by atoms with E-state index in [2.05, 4.69) is 24.4 Å². The zero-order chi connectivity index (χ0) is 20.0. The van der Waals surface area contributed by atoms with Crippen LogP contribution in [0.1, 0.15) is 49.2 Å². The van der Waals surface area contributed by atoms with Crippen molar-refractivity contribution in [2.45, 2.75) is 38.0 Å². The number of hydrogen-bond donors (Lipinski definition) is 1. The SMILES string of the molecule is CCC(CNC(=O)c1cc(S(=O)(=O)N(CC)CC)cn1C)c1ccccc1. The highest BCUT2D eigenvalue weighted by atomic mass is 32.2. The van der Waals surface area contributed by atoms with Crippen LogP contribution in [0.3, 0.4) is 0 Å². The molecule has 0 saturated carbocycles. The van der Waals surface area contributed by atoms with Gasteiger partial charge in [-0.1, -0.05) is 51.1 Å². The van der Waals surface area contributed by atoms with Crippen molar-refractivity contribution in [3.05, 3.63) is 53.9 Å². The van der Waals surface area contributed by atoms with Gasteiger partial charge in [0, 0.05) is 38.8 Å². The van der Waals surface area contributed by atoms with Crippen LogP contribution in [-0.2, 0) is 17.1 Å². The number of aromatic nitrogens is 1. The van der Waals surface area contributed by atoms with Crippen molar-refractivity contribution in [2.75, 3.05) is 19.6 Å². The molecule has 6 nitrogen and oxygen atoms in total. The van der Waals surface area contributed by atoms with Crippen LogP contribution in [0.4, 0.5) is 0 Å². The van der Waals surface area contributed by atoms with Gasteiger partial charge in [-0.3, -0.25) is 4.79 Å². The van der Waals surface area contributed by atoms with Crippen molar-refractivity contribution in [1.29, 1.82) is 0 Å². The summed E-state index contributed by atoms with van der Waals surface area (Å²) in [6.07, 6.45) is 2.40. The second-order valence-electron chi connectivity index (χ2n) is 6.49. The first-order valence-corrected chi connectivity index (χ1v) is 10.8. The van der Waals surface area contributed by atoms with Crippen LogP contribution in [-0.4, -0.2) is 42.8 Å². The van der Waals surface area contributed by atoms with Gasteiger partial charge in [-0.05, 0) is 18.1 Å². The maximum absolute atomic E-state index is 12.7. The van der Waals surface area contributed by atoms with Gasteiger partial charge in [-0.2, -0.15) is 4.31 Å². The molecule has 1 aromatic heterocycles. The lowest BCUT2D eigenvalue weighted by Crippen LogP contribution is -2.30. The predicted molar refractivity (Wildman–Crippen MR) is 107 cm³/mol. The molecule has 0 aliphatic carbocycles. The highest BCUT2D eigenvalue weighted by Crippen LogP contribution is 2.20. The molecule has 1 unspecified atom stereocenters. The van der Waals surface area contributed by atoms with Gasteiger partial charge in [-0.25, -0.2) is 8.42 Å². The van der Waals surface area contributed by atoms with E-state index in [1.165, 1.54) is 22.1 Å². The topological polar surface area (TPSA) is 71.4 Å². The van der Waals surface area contributed by atoms with Gasteiger partial charge in [-0.15, -0.1) is 0 Å². The van der Waals surface area contributed by atoms with Gasteiger partial charge in [0.25, 0.3) is 5.91 Å². The number of carbonyl (C=O) groups excluding carboxylic acids is 1. The Morgan fingerprint density at radius 1 is 1.15 bits per heavy atom. The fourth-order valence-corrected chi connectivity index (χ4v) is 4.67. The highest BCUT2D eigenvalue weighted by Gasteiger charge is 2.25. The predicted octanol–water partition coefficient (Wildman–Crippen LogP) is 2.98. The molecule has 2 aromatic rings. The lowest BCUT2D eigenvalue weighted by atomic mass is 9.96. The third-order valence-corrected chi connectivity index (χ3v) is 6.84. The summed E-state index contributed by atoms with van der Waals surface area (Å²) in [5.41, 5.74) is 1.51. The Morgan fingerprint density at radius 2 is 1.78 bits per heavy atom. The Labute approximate surface area is 162 Å². The van der Waals surface area contributed by atoms with Gasteiger partial charge < -0.3 is 9.88 Å². The van der Waals surface area contributed by atoms with Gasteiger partial charge in [0.15, 0.2) is 0 Å². The fraction of sp³-hybridized carbons (Fsp3) is 0.450. The minimum absolute atomic E-state index is 0.147. The second-order valence-corrected chi connectivity index (χ2v) is 8.43. The maximum atomic E-state index is 12.7. The molecule has 0 saturated heterocycles. The van der Waals surface area contributed by atoms with E-state index in [0.717, 1.165) is 6.42 Å². The zero-order valence-electron chi connectivity index (χ0n) is 16.5. The normalized spacial score (nSPS) is 12.9. The Kier molecular flexibility index (Phi) is 7.21. The zero-order valence-corrected chi connectivity index (χ0v) is 17.3. The summed E-state index contributed by atoms with van der Waals surface area (Å²) < 4.78 is 28.3. The minimum Gasteiger partial charge on any atom is -0.350 e. The molecule has 2 rings (SSSR count). The number of amides is 1. The summed E-state index contributed by atoms with van der Waals surface area (Å²) in [6.45, 7) is 6.97. The summed E-state index contributed by atoms with van der Waals surface area (Å²) in [6, 6.07) is 11.5. The molecule has 0 radical (unpaired) electrons. The van der Waals surface area contributed by atoms with E-state index in [1.54, 1.807) is 25.5 Å². The summed E-state index contributed by atoms with van der Waals surface area (Å²) >= 11 is 0. The Morgan fingerprint density at radius 3 is 2.33 bits per heavy atom. The molecular formula is C20H29N3O3S. The molecule has 0 spiro atoms. The van der Waals surface area contributed by atoms with Gasteiger partial charge in [0.2, 0.25) is 10.0 Å². The number of hydrogen-bond acceptors (Lipinski definition) is 3. The quantitative estimate of drug-likeness (QED) is 0.714. The van der Waals surface area contributed by atoms with E-state index in [4.69, 9.17) is 0 Å². The number of nitrogens with one attached hydrogen (secondary N) is 1. The maximum Gasteiger partial charge on any atom is 0.267 e. The minimum atomic E-state index is -3.58. The van der Waals surface area contributed by atoms with Crippen LogP contribution in [0.5, 0.6) is 0 Å². The molecule has 0 aliphatic rings. The Hall–Kier alpha value is -2.12. The van der Waals surface area contributed by atoms with E-state index in [9.17, 15) is 13.2 Å². The van der Waals surface area contributed by atoms with Crippen molar-refractivity contribution >= 4 is 15.9 Å². The average molecular weight is 392 g/mol. The van der Waals surface area contributed by atoms with E-state index in [1.807, 2.05) is 18.2 Å². The molecule has 0 bridgehead atoms. The van der Waals surface area contributed by atoms with Gasteiger partial charge >= 0.3 is 0 Å². The molecule has 1 aromatic carbocycles. The van der Waals surface area contributed by atoms with Crippen molar-refractivity contribution in [1.82, 2.24) is 14.2 Å². The molecule has 1 heterocycles. The number of benzene rings is 1. The molecular weight excluding hydrogens is 362 g/mol. The smallest absolute Gasteiger partial charge is 0.267 e. The lowest BCUT2D eigenvalue weighted by Gasteiger charge is -2.17. The first kappa shape index (κ1) is 21.2. The number of carbonyl (C=O) groups is 1. The van der Waals surface area contributed by atoms with Gasteiger partial charge in [0.05, 0.1) is 0 Å².